The number of rotatable bonds is 4. The first-order valence-corrected chi connectivity index (χ1v) is 7.66. The molecule has 108 valence electrons. The molecule has 0 bridgehead atoms. The van der Waals surface area contributed by atoms with E-state index in [9.17, 15) is 9.59 Å². The highest BCUT2D eigenvalue weighted by Crippen LogP contribution is 2.34. The molecule has 0 aromatic heterocycles. The van der Waals surface area contributed by atoms with Crippen molar-refractivity contribution in [3.63, 3.8) is 0 Å². The highest BCUT2D eigenvalue weighted by atomic mass is 16.4. The summed E-state index contributed by atoms with van der Waals surface area (Å²) in [5.74, 6) is -0.858. The summed E-state index contributed by atoms with van der Waals surface area (Å²) in [5.41, 5.74) is 0. The third-order valence-corrected chi connectivity index (χ3v) is 4.66. The van der Waals surface area contributed by atoms with Gasteiger partial charge in [-0.25, -0.2) is 0 Å². The predicted octanol–water partition coefficient (Wildman–Crippen LogP) is 2.67. The topological polar surface area (TPSA) is 57.6 Å². The van der Waals surface area contributed by atoms with Crippen LogP contribution in [-0.2, 0) is 9.59 Å². The van der Waals surface area contributed by atoms with Gasteiger partial charge in [-0.2, -0.15) is 0 Å². The molecule has 2 rings (SSSR count). The van der Waals surface area contributed by atoms with E-state index in [1.165, 1.54) is 6.42 Å². The van der Waals surface area contributed by atoms with Crippen molar-refractivity contribution in [3.8, 4) is 0 Å². The van der Waals surface area contributed by atoms with Crippen molar-refractivity contribution in [1.29, 1.82) is 0 Å². The molecule has 19 heavy (non-hydrogen) atoms. The van der Waals surface area contributed by atoms with Crippen LogP contribution in [0.25, 0.3) is 0 Å². The third kappa shape index (κ3) is 3.28. The Balaban J connectivity index is 1.96. The molecular weight excluding hydrogens is 242 g/mol. The minimum Gasteiger partial charge on any atom is -0.481 e. The van der Waals surface area contributed by atoms with Crippen molar-refractivity contribution < 1.29 is 14.7 Å². The van der Waals surface area contributed by atoms with Crippen molar-refractivity contribution in [2.24, 2.45) is 11.8 Å². The van der Waals surface area contributed by atoms with Gasteiger partial charge in [0.05, 0.1) is 5.92 Å². The van der Waals surface area contributed by atoms with Crippen LogP contribution >= 0.6 is 0 Å². The SMILES string of the molecule is CCCC1CCCCN1C(=O)[C@@H]1CC[C@H](C(=O)O)C1. The second-order valence-corrected chi connectivity index (χ2v) is 6.02. The lowest BCUT2D eigenvalue weighted by molar-refractivity contribution is -0.142. The van der Waals surface area contributed by atoms with Crippen LogP contribution in [0.3, 0.4) is 0 Å². The second-order valence-electron chi connectivity index (χ2n) is 6.02. The Labute approximate surface area is 115 Å². The number of nitrogens with zero attached hydrogens (tertiary/aromatic N) is 1. The average Bonchev–Trinajstić information content (AvgIpc) is 2.89. The highest BCUT2D eigenvalue weighted by molar-refractivity contribution is 5.81. The molecule has 1 aliphatic heterocycles. The van der Waals surface area contributed by atoms with Crippen molar-refractivity contribution >= 4 is 11.9 Å². The molecule has 1 saturated heterocycles. The van der Waals surface area contributed by atoms with E-state index in [0.717, 1.165) is 38.6 Å². The zero-order valence-electron chi connectivity index (χ0n) is 11.8. The van der Waals surface area contributed by atoms with Crippen LogP contribution in [0.2, 0.25) is 0 Å². The van der Waals surface area contributed by atoms with Crippen molar-refractivity contribution in [2.75, 3.05) is 6.54 Å². The Morgan fingerprint density at radius 1 is 1.16 bits per heavy atom. The molecule has 1 saturated carbocycles. The van der Waals surface area contributed by atoms with Crippen LogP contribution in [0.1, 0.15) is 58.3 Å². The lowest BCUT2D eigenvalue weighted by Crippen LogP contribution is -2.46. The fraction of sp³-hybridized carbons (Fsp3) is 0.867. The molecule has 1 N–H and O–H groups in total. The molecule has 0 radical (unpaired) electrons. The minimum atomic E-state index is -0.737. The number of hydrogen-bond donors (Lipinski definition) is 1. The molecular formula is C15H25NO3. The number of carbonyl (C=O) groups excluding carboxylic acids is 1. The monoisotopic (exact) mass is 267 g/mol. The number of likely N-dealkylation sites (tertiary alicyclic amines) is 1. The molecule has 1 amide bonds. The fourth-order valence-electron chi connectivity index (χ4n) is 3.59. The Hall–Kier alpha value is -1.06. The van der Waals surface area contributed by atoms with Crippen molar-refractivity contribution in [1.82, 2.24) is 4.90 Å². The summed E-state index contributed by atoms with van der Waals surface area (Å²) in [7, 11) is 0. The molecule has 1 aliphatic carbocycles. The first kappa shape index (κ1) is 14.4. The Kier molecular flexibility index (Phi) is 4.83. The molecule has 2 fully saturated rings. The number of carboxylic acids is 1. The minimum absolute atomic E-state index is 0.0430. The zero-order chi connectivity index (χ0) is 13.8. The summed E-state index contributed by atoms with van der Waals surface area (Å²) in [4.78, 5) is 25.6. The van der Waals surface area contributed by atoms with Gasteiger partial charge in [-0.1, -0.05) is 13.3 Å². The number of carboxylic acid groups (broad SMARTS) is 1. The lowest BCUT2D eigenvalue weighted by Gasteiger charge is -2.37. The quantitative estimate of drug-likeness (QED) is 0.852. The first-order valence-electron chi connectivity index (χ1n) is 7.66. The van der Waals surface area contributed by atoms with Gasteiger partial charge in [-0.3, -0.25) is 9.59 Å². The average molecular weight is 267 g/mol. The van der Waals surface area contributed by atoms with E-state index in [4.69, 9.17) is 5.11 Å². The normalized spacial score (nSPS) is 31.4. The van der Waals surface area contributed by atoms with Crippen LogP contribution in [-0.4, -0.2) is 34.5 Å². The van der Waals surface area contributed by atoms with Gasteiger partial charge >= 0.3 is 5.97 Å². The smallest absolute Gasteiger partial charge is 0.306 e. The first-order chi connectivity index (χ1) is 9.13. The lowest BCUT2D eigenvalue weighted by atomic mass is 9.95. The molecule has 1 heterocycles. The van der Waals surface area contributed by atoms with E-state index < -0.39 is 5.97 Å². The Morgan fingerprint density at radius 3 is 2.53 bits per heavy atom. The number of hydrogen-bond acceptors (Lipinski definition) is 2. The van der Waals surface area contributed by atoms with Gasteiger partial charge in [-0.05, 0) is 44.9 Å². The van der Waals surface area contributed by atoms with Crippen LogP contribution in [0, 0.1) is 11.8 Å². The van der Waals surface area contributed by atoms with Gasteiger partial charge < -0.3 is 10.0 Å². The molecule has 4 nitrogen and oxygen atoms in total. The van der Waals surface area contributed by atoms with Crippen LogP contribution in [0.5, 0.6) is 0 Å². The molecule has 2 aliphatic rings. The van der Waals surface area contributed by atoms with Gasteiger partial charge in [0.2, 0.25) is 5.91 Å². The standard InChI is InChI=1S/C15H25NO3/c1-2-5-13-6-3-4-9-16(13)14(17)11-7-8-12(10-11)15(18)19/h11-13H,2-10H2,1H3,(H,18,19)/t11-,12+,13?/m1/s1. The van der Waals surface area contributed by atoms with Gasteiger partial charge in [0.25, 0.3) is 0 Å². The largest absolute Gasteiger partial charge is 0.481 e. The van der Waals surface area contributed by atoms with Crippen LogP contribution in [0.4, 0.5) is 0 Å². The van der Waals surface area contributed by atoms with Crippen LogP contribution in [0.15, 0.2) is 0 Å². The second kappa shape index (κ2) is 6.40. The van der Waals surface area contributed by atoms with E-state index in [2.05, 4.69) is 11.8 Å². The van der Waals surface area contributed by atoms with Crippen molar-refractivity contribution in [3.05, 3.63) is 0 Å². The maximum atomic E-state index is 12.6. The van der Waals surface area contributed by atoms with E-state index in [1.54, 1.807) is 0 Å². The number of piperidine rings is 1. The van der Waals surface area contributed by atoms with Crippen LogP contribution < -0.4 is 0 Å². The maximum Gasteiger partial charge on any atom is 0.306 e. The Morgan fingerprint density at radius 2 is 1.89 bits per heavy atom. The van der Waals surface area contributed by atoms with E-state index in [-0.39, 0.29) is 17.7 Å². The van der Waals surface area contributed by atoms with Gasteiger partial charge in [0.15, 0.2) is 0 Å². The molecule has 0 spiro atoms. The number of aliphatic carboxylic acids is 1. The third-order valence-electron chi connectivity index (χ3n) is 4.66. The fourth-order valence-corrected chi connectivity index (χ4v) is 3.59. The number of amides is 1. The van der Waals surface area contributed by atoms with E-state index in [0.29, 0.717) is 18.9 Å². The number of carbonyl (C=O) groups is 2. The zero-order valence-corrected chi connectivity index (χ0v) is 11.8. The van der Waals surface area contributed by atoms with Gasteiger partial charge in [0, 0.05) is 18.5 Å². The predicted molar refractivity (Wildman–Crippen MR) is 72.7 cm³/mol. The summed E-state index contributed by atoms with van der Waals surface area (Å²) in [5, 5.41) is 9.03. The summed E-state index contributed by atoms with van der Waals surface area (Å²) in [6.45, 7) is 3.03. The van der Waals surface area contributed by atoms with Crippen molar-refractivity contribution in [2.45, 2.75) is 64.3 Å². The van der Waals surface area contributed by atoms with Gasteiger partial charge in [0.1, 0.15) is 0 Å². The maximum absolute atomic E-state index is 12.6. The molecule has 3 atom stereocenters. The summed E-state index contributed by atoms with van der Waals surface area (Å²) < 4.78 is 0. The molecule has 4 heteroatoms. The summed E-state index contributed by atoms with van der Waals surface area (Å²) in [6.07, 6.45) is 7.59. The highest BCUT2D eigenvalue weighted by Gasteiger charge is 2.37. The van der Waals surface area contributed by atoms with Gasteiger partial charge in [-0.15, -0.1) is 0 Å². The molecule has 0 aromatic rings. The summed E-state index contributed by atoms with van der Waals surface area (Å²) in [6, 6.07) is 0.398. The van der Waals surface area contributed by atoms with E-state index in [1.807, 2.05) is 0 Å². The molecule has 1 unspecified atom stereocenters. The summed E-state index contributed by atoms with van der Waals surface area (Å²) >= 11 is 0. The Bertz CT molecular complexity index is 340. The molecule has 0 aromatic carbocycles. The van der Waals surface area contributed by atoms with E-state index >= 15 is 0 Å².